The summed E-state index contributed by atoms with van der Waals surface area (Å²) in [5.41, 5.74) is -4.67. The summed E-state index contributed by atoms with van der Waals surface area (Å²) in [6.45, 7) is 5.58. The maximum Gasteiger partial charge on any atom is 0.425 e. The molecule has 0 bridgehead atoms. The molecule has 10 nitrogen and oxygen atoms in total. The van der Waals surface area contributed by atoms with Gasteiger partial charge in [-0.05, 0) is 74.8 Å². The highest BCUT2D eigenvalue weighted by Gasteiger charge is 2.57. The predicted molar refractivity (Wildman–Crippen MR) is 201 cm³/mol. The van der Waals surface area contributed by atoms with Crippen LogP contribution in [0.3, 0.4) is 0 Å². The SMILES string of the molecule is CCC[C@H]1N(C(=O)c2ncccc2C(F)(F)F)CCC[C@@]1(Oc1ccc(C(F)(F)F)s1)C(=O)N1CCC(C#N)(c2ccccc2OCCC[C@@H](C(=O)O)C(C)C)CC1. The number of rotatable bonds is 14. The molecule has 1 aromatic carbocycles. The second kappa shape index (κ2) is 18.0. The molecule has 58 heavy (non-hydrogen) atoms. The summed E-state index contributed by atoms with van der Waals surface area (Å²) in [4.78, 5) is 46.2. The number of nitriles is 1. The van der Waals surface area contributed by atoms with E-state index in [-0.39, 0.29) is 80.7 Å². The van der Waals surface area contributed by atoms with Crippen LogP contribution in [0.2, 0.25) is 0 Å². The molecule has 314 valence electrons. The van der Waals surface area contributed by atoms with Crippen LogP contribution in [0.15, 0.2) is 54.7 Å². The molecule has 0 unspecified atom stereocenters. The van der Waals surface area contributed by atoms with Crippen molar-refractivity contribution in [3.63, 3.8) is 0 Å². The minimum Gasteiger partial charge on any atom is -0.493 e. The second-order valence-electron chi connectivity index (χ2n) is 15.1. The molecule has 2 saturated heterocycles. The third-order valence-electron chi connectivity index (χ3n) is 11.1. The summed E-state index contributed by atoms with van der Waals surface area (Å²) in [7, 11) is 0. The molecule has 1 N–H and O–H groups in total. The minimum atomic E-state index is -4.93. The van der Waals surface area contributed by atoms with Crippen LogP contribution in [0.25, 0.3) is 0 Å². The van der Waals surface area contributed by atoms with E-state index in [0.717, 1.165) is 35.4 Å². The molecule has 0 spiro atoms. The maximum absolute atomic E-state index is 15.0. The fraction of sp³-hybridized carbons (Fsp3) is 0.537. The molecule has 3 aromatic rings. The van der Waals surface area contributed by atoms with Crippen molar-refractivity contribution < 1.29 is 55.3 Å². The van der Waals surface area contributed by atoms with Gasteiger partial charge >= 0.3 is 18.3 Å². The Kier molecular flexibility index (Phi) is 13.7. The molecule has 17 heteroatoms. The van der Waals surface area contributed by atoms with Crippen LogP contribution in [0, 0.1) is 23.2 Å². The number of aromatic nitrogens is 1. The normalized spacial score (nSPS) is 20.3. The fourth-order valence-electron chi connectivity index (χ4n) is 8.07. The zero-order valence-corrected chi connectivity index (χ0v) is 33.2. The molecule has 2 aliphatic heterocycles. The molecule has 4 heterocycles. The van der Waals surface area contributed by atoms with Crippen molar-refractivity contribution in [2.45, 2.75) is 102 Å². The Bertz CT molecular complexity index is 1970. The first-order chi connectivity index (χ1) is 27.4. The second-order valence-corrected chi connectivity index (χ2v) is 16.1. The van der Waals surface area contributed by atoms with Gasteiger partial charge in [-0.2, -0.15) is 31.6 Å². The van der Waals surface area contributed by atoms with Gasteiger partial charge in [0.25, 0.3) is 11.8 Å². The van der Waals surface area contributed by atoms with Crippen LogP contribution in [-0.4, -0.2) is 75.6 Å². The number of aliphatic carboxylic acids is 1. The lowest BCUT2D eigenvalue weighted by Gasteiger charge is -2.50. The lowest BCUT2D eigenvalue weighted by Crippen LogP contribution is -2.68. The van der Waals surface area contributed by atoms with Gasteiger partial charge in [-0.15, -0.1) is 0 Å². The molecule has 2 fully saturated rings. The topological polar surface area (TPSA) is 133 Å². The number of hydrogen-bond acceptors (Lipinski definition) is 8. The average Bonchev–Trinajstić information content (AvgIpc) is 3.67. The van der Waals surface area contributed by atoms with Crippen LogP contribution in [0.1, 0.15) is 98.6 Å². The van der Waals surface area contributed by atoms with Crippen LogP contribution in [0.5, 0.6) is 10.8 Å². The third kappa shape index (κ3) is 9.37. The summed E-state index contributed by atoms with van der Waals surface area (Å²) >= 11 is 0.274. The molecule has 5 rings (SSSR count). The summed E-state index contributed by atoms with van der Waals surface area (Å²) in [6, 6.07) is 11.9. The van der Waals surface area contributed by atoms with Gasteiger partial charge in [0, 0.05) is 37.8 Å². The zero-order valence-electron chi connectivity index (χ0n) is 32.4. The molecule has 0 saturated carbocycles. The summed E-state index contributed by atoms with van der Waals surface area (Å²) < 4.78 is 96.0. The van der Waals surface area contributed by atoms with Crippen molar-refractivity contribution in [3.05, 3.63) is 76.4 Å². The van der Waals surface area contributed by atoms with Crippen molar-refractivity contribution in [1.29, 1.82) is 5.26 Å². The smallest absolute Gasteiger partial charge is 0.425 e. The number of hydrogen-bond donors (Lipinski definition) is 1. The number of halogens is 6. The van der Waals surface area contributed by atoms with E-state index < -0.39 is 69.2 Å². The third-order valence-corrected chi connectivity index (χ3v) is 12.1. The summed E-state index contributed by atoms with van der Waals surface area (Å²) in [5, 5.41) is 20.0. The van der Waals surface area contributed by atoms with Gasteiger partial charge in [-0.25, -0.2) is 0 Å². The number of para-hydroxylation sites is 1. The van der Waals surface area contributed by atoms with Crippen molar-refractivity contribution in [1.82, 2.24) is 14.8 Å². The quantitative estimate of drug-likeness (QED) is 0.126. The maximum atomic E-state index is 15.0. The Labute approximate surface area is 336 Å². The zero-order chi connectivity index (χ0) is 42.5. The van der Waals surface area contributed by atoms with Crippen molar-refractivity contribution in [3.8, 4) is 16.9 Å². The number of amides is 2. The van der Waals surface area contributed by atoms with E-state index >= 15 is 4.79 Å². The number of thiophene rings is 1. The first-order valence-electron chi connectivity index (χ1n) is 19.2. The number of benzene rings is 1. The lowest BCUT2D eigenvalue weighted by atomic mass is 9.72. The van der Waals surface area contributed by atoms with Gasteiger partial charge in [0.2, 0.25) is 5.60 Å². The van der Waals surface area contributed by atoms with E-state index in [1.807, 2.05) is 13.8 Å². The number of alkyl halides is 6. The lowest BCUT2D eigenvalue weighted by molar-refractivity contribution is -0.160. The van der Waals surface area contributed by atoms with Crippen LogP contribution < -0.4 is 9.47 Å². The summed E-state index contributed by atoms with van der Waals surface area (Å²) in [6.07, 6.45) is -7.05. The number of ether oxygens (including phenoxy) is 2. The van der Waals surface area contributed by atoms with E-state index in [1.54, 1.807) is 31.2 Å². The predicted octanol–water partition coefficient (Wildman–Crippen LogP) is 9.00. The number of likely N-dealkylation sites (tertiary alicyclic amines) is 2. The van der Waals surface area contributed by atoms with Gasteiger partial charge < -0.3 is 24.4 Å². The molecule has 3 atom stereocenters. The van der Waals surface area contributed by atoms with Crippen molar-refractivity contribution in [2.75, 3.05) is 26.2 Å². The van der Waals surface area contributed by atoms with Crippen molar-refractivity contribution >= 4 is 29.1 Å². The number of carbonyl (C=O) groups excluding carboxylic acids is 2. The molecule has 2 aromatic heterocycles. The summed E-state index contributed by atoms with van der Waals surface area (Å²) in [5.74, 6) is -2.79. The Hall–Kier alpha value is -4.85. The molecule has 2 amide bonds. The number of carboxylic acids is 1. The Morgan fingerprint density at radius 2 is 1.71 bits per heavy atom. The van der Waals surface area contributed by atoms with Crippen LogP contribution >= 0.6 is 11.3 Å². The Balaban J connectivity index is 1.46. The first-order valence-corrected chi connectivity index (χ1v) is 20.0. The molecule has 0 aliphatic carbocycles. The average molecular weight is 837 g/mol. The number of piperidine rings is 2. The number of carbonyl (C=O) groups is 3. The highest BCUT2D eigenvalue weighted by atomic mass is 32.1. The highest BCUT2D eigenvalue weighted by Crippen LogP contribution is 2.45. The molecular formula is C41H46F6N4O6S. The molecule has 0 radical (unpaired) electrons. The largest absolute Gasteiger partial charge is 0.493 e. The highest BCUT2D eigenvalue weighted by molar-refractivity contribution is 7.13. The Morgan fingerprint density at radius 3 is 2.31 bits per heavy atom. The number of pyridine rings is 1. The van der Waals surface area contributed by atoms with Gasteiger partial charge in [0.05, 0.1) is 35.6 Å². The molecular weight excluding hydrogens is 791 g/mol. The van der Waals surface area contributed by atoms with Crippen molar-refractivity contribution in [2.24, 2.45) is 11.8 Å². The standard InChI is InChI=1S/C41H46F6N4O6S/c1-4-10-31-39(57-33-16-15-32(58-33)41(45,46)47,17-9-21-51(31)35(52)34-29(40(42,43)44)13-7-20-49-34)37(55)50-22-18-38(25-48,19-23-50)28-12-5-6-14-30(28)56-24-8-11-27(26(2)3)36(53)54/h5-7,12-16,20,26-27,31H,4,8-11,17-19,21-24H2,1-3H3,(H,53,54)/t27-,31-,39+/m1/s1. The van der Waals surface area contributed by atoms with E-state index in [9.17, 15) is 46.3 Å². The van der Waals surface area contributed by atoms with E-state index in [0.29, 0.717) is 30.6 Å². The van der Waals surface area contributed by atoms with E-state index in [2.05, 4.69) is 11.1 Å². The number of nitrogens with zero attached hydrogens (tertiary/aromatic N) is 4. The van der Waals surface area contributed by atoms with Gasteiger partial charge in [0.1, 0.15) is 16.3 Å². The fourth-order valence-corrected chi connectivity index (χ4v) is 8.86. The van der Waals surface area contributed by atoms with E-state index in [4.69, 9.17) is 9.47 Å². The number of carboxylic acid groups (broad SMARTS) is 1. The van der Waals surface area contributed by atoms with Crippen LogP contribution in [0.4, 0.5) is 26.3 Å². The van der Waals surface area contributed by atoms with Gasteiger partial charge in [-0.1, -0.05) is 56.7 Å². The van der Waals surface area contributed by atoms with E-state index in [1.165, 1.54) is 4.90 Å². The Morgan fingerprint density at radius 1 is 1.00 bits per heavy atom. The molecule has 2 aliphatic rings. The van der Waals surface area contributed by atoms with Gasteiger partial charge in [-0.3, -0.25) is 19.4 Å². The minimum absolute atomic E-state index is 0.00398. The monoisotopic (exact) mass is 836 g/mol. The van der Waals surface area contributed by atoms with Gasteiger partial charge in [0.15, 0.2) is 5.06 Å². The first kappa shape index (κ1) is 44.3. The van der Waals surface area contributed by atoms with Crippen LogP contribution in [-0.2, 0) is 27.4 Å².